The summed E-state index contributed by atoms with van der Waals surface area (Å²) in [6, 6.07) is 45.9. The second-order valence-electron chi connectivity index (χ2n) is 24.0. The molecule has 1 aromatic heterocycles. The molecule has 5 aliphatic heterocycles. The van der Waals surface area contributed by atoms with Crippen LogP contribution < -0.4 is 47.3 Å². The van der Waals surface area contributed by atoms with Gasteiger partial charge < -0.3 is 19.1 Å². The third kappa shape index (κ3) is 7.55. The van der Waals surface area contributed by atoms with Crippen molar-refractivity contribution in [1.82, 2.24) is 4.57 Å². The average Bonchev–Trinajstić information content (AvgIpc) is 0.743. The van der Waals surface area contributed by atoms with E-state index in [0.717, 1.165) is 67.0 Å². The topological polar surface area (TPSA) is 20.6 Å². The van der Waals surface area contributed by atoms with Crippen molar-refractivity contribution in [2.24, 2.45) is 0 Å². The molecule has 0 spiro atoms. The third-order valence-corrected chi connectivity index (χ3v) is 20.3. The van der Waals surface area contributed by atoms with Crippen molar-refractivity contribution in [3.05, 3.63) is 284 Å². The zero-order valence-electron chi connectivity index (χ0n) is 66.4. The molecule has 0 fully saturated rings. The van der Waals surface area contributed by atoms with E-state index in [2.05, 4.69) is 37.8 Å². The minimum atomic E-state index is -1.32. The summed E-state index contributed by atoms with van der Waals surface area (Å²) in [5.41, 5.74) is 9.26. The minimum absolute atomic E-state index is 0.00558. The molecule has 0 bridgehead atoms. The summed E-state index contributed by atoms with van der Waals surface area (Å²) < 4.78 is 187. The molecule has 19 rings (SSSR count). The van der Waals surface area contributed by atoms with Crippen LogP contribution in [0.25, 0.3) is 72.0 Å². The predicted molar refractivity (Wildman–Crippen MR) is 381 cm³/mol. The smallest absolute Gasteiger partial charge is 0.256 e. The van der Waals surface area contributed by atoms with Crippen molar-refractivity contribution >= 4 is 126 Å². The summed E-state index contributed by atoms with van der Waals surface area (Å²) in [6.07, 6.45) is 0. The number of aromatic nitrogens is 1. The molecule has 0 saturated heterocycles. The van der Waals surface area contributed by atoms with Crippen molar-refractivity contribution in [3.8, 4) is 61.7 Å². The molecule has 4 nitrogen and oxygen atoms in total. The molecule has 8 heteroatoms. The number of benzene rings is 13. The van der Waals surface area contributed by atoms with Crippen LogP contribution >= 0.6 is 23.5 Å². The van der Waals surface area contributed by atoms with E-state index in [1.807, 2.05) is 163 Å². The van der Waals surface area contributed by atoms with Crippen LogP contribution in [-0.4, -0.2) is 18.0 Å². The van der Waals surface area contributed by atoms with E-state index in [9.17, 15) is 21.9 Å². The molecule has 13 aromatic carbocycles. The Balaban J connectivity index is 1.07. The van der Waals surface area contributed by atoms with E-state index in [-0.39, 0.29) is 78.1 Å². The first-order valence-corrected chi connectivity index (χ1v) is 31.4. The molecule has 0 aliphatic carbocycles. The fourth-order valence-corrected chi connectivity index (χ4v) is 16.7. The number of hydrogen-bond acceptors (Lipinski definition) is 5. The summed E-state index contributed by atoms with van der Waals surface area (Å²) in [6.45, 7) is 3.87. The Morgan fingerprint density at radius 3 is 1.38 bits per heavy atom. The van der Waals surface area contributed by atoms with E-state index >= 15 is 0 Å². The highest BCUT2D eigenvalue weighted by atomic mass is 32.2. The molecule has 422 valence electrons. The van der Waals surface area contributed by atoms with Gasteiger partial charge in [0, 0.05) is 81.0 Å². The molecule has 0 N–H and O–H groups in total. The fraction of sp³-hybridized carbons (Fsp3) is 0.0488. The van der Waals surface area contributed by atoms with Crippen molar-refractivity contribution in [1.29, 1.82) is 0 Å². The molecule has 14 aromatic rings. The molecule has 5 aliphatic rings. The van der Waals surface area contributed by atoms with E-state index in [4.69, 9.17) is 7.48 Å². The first-order valence-electron chi connectivity index (χ1n) is 38.8. The second kappa shape index (κ2) is 19.7. The number of nitrogens with zero attached hydrogens (tertiary/aromatic N) is 3. The highest BCUT2D eigenvalue weighted by Crippen LogP contribution is 2.56. The van der Waals surface area contributed by atoms with Gasteiger partial charge in [-0.2, -0.15) is 0 Å². The van der Waals surface area contributed by atoms with Gasteiger partial charge in [-0.15, -0.1) is 0 Å². The lowest BCUT2D eigenvalue weighted by molar-refractivity contribution is 0.485. The van der Waals surface area contributed by atoms with Gasteiger partial charge in [0.15, 0.2) is 0 Å². The monoisotopic (exact) mass is 1200 g/mol. The molecule has 0 saturated carbocycles. The SMILES string of the molecule is [2H]c1c([2H])c2c3c(c1[2H])Sc1c([2H])c4c(c5c1B3c1c(c([2H])c([2H])c([2H])c1S5)O2)B1c2c(cc(C(C)(C)C)cc2N4c2c(-c3ccccc3)cccc2-c2ccccc2)N(c2c(-c3ccccc3)cccc2-c2ccccc2)c2c([2H])c(-n3c4c([2H])c([2H])c([2H])c([2H])c4c4c([2H])c([2H])c([2H])c([2H])c43)c([2H])c([2H])c21. The van der Waals surface area contributed by atoms with Gasteiger partial charge in [-0.3, -0.25) is 0 Å². The fourth-order valence-electron chi connectivity index (χ4n) is 14.2. The maximum absolute atomic E-state index is 11.7. The Hall–Kier alpha value is -10.1. The summed E-state index contributed by atoms with van der Waals surface area (Å²) in [5, 5.41) is -0.584. The molecule has 0 radical (unpaired) electrons. The van der Waals surface area contributed by atoms with E-state index in [1.54, 1.807) is 0 Å². The molecular weight excluding hydrogens is 1130 g/mol. The lowest BCUT2D eigenvalue weighted by atomic mass is 9.31. The molecule has 0 amide bonds. The number of rotatable bonds is 7. The second-order valence-corrected chi connectivity index (χ2v) is 26.1. The maximum Gasteiger partial charge on any atom is 0.256 e. The van der Waals surface area contributed by atoms with Crippen molar-refractivity contribution in [3.63, 3.8) is 0 Å². The molecule has 6 heterocycles. The van der Waals surface area contributed by atoms with Crippen molar-refractivity contribution in [2.45, 2.75) is 45.8 Å². The van der Waals surface area contributed by atoms with Crippen LogP contribution in [0.3, 0.4) is 0 Å². The van der Waals surface area contributed by atoms with Crippen LogP contribution in [-0.2, 0) is 5.41 Å². The van der Waals surface area contributed by atoms with Crippen LogP contribution in [0.5, 0.6) is 11.5 Å². The number of para-hydroxylation sites is 4. The third-order valence-electron chi connectivity index (χ3n) is 18.1. The minimum Gasteiger partial charge on any atom is -0.458 e. The zero-order valence-corrected chi connectivity index (χ0v) is 50.0. The molecule has 0 unspecified atom stereocenters. The van der Waals surface area contributed by atoms with E-state index in [1.165, 1.54) is 0 Å². The highest BCUT2D eigenvalue weighted by molar-refractivity contribution is 8.01. The maximum atomic E-state index is 11.7. The number of hydrogen-bond donors (Lipinski definition) is 0. The summed E-state index contributed by atoms with van der Waals surface area (Å²) in [7, 11) is 0. The van der Waals surface area contributed by atoms with Crippen molar-refractivity contribution in [2.75, 3.05) is 9.80 Å². The summed E-state index contributed by atoms with van der Waals surface area (Å²) in [5.74, 6) is -0.200. The lowest BCUT2D eigenvalue weighted by Crippen LogP contribution is -2.66. The molecule has 90 heavy (non-hydrogen) atoms. The van der Waals surface area contributed by atoms with Gasteiger partial charge in [-0.1, -0.05) is 256 Å². The van der Waals surface area contributed by atoms with Gasteiger partial charge in [0.25, 0.3) is 13.4 Å². The Bertz CT molecular complexity index is 6250. The summed E-state index contributed by atoms with van der Waals surface area (Å²) >= 11 is 2.24. The van der Waals surface area contributed by atoms with Gasteiger partial charge in [-0.05, 0) is 133 Å². The van der Waals surface area contributed by atoms with Gasteiger partial charge in [-0.25, -0.2) is 0 Å². The van der Waals surface area contributed by atoms with Crippen LogP contribution in [0.1, 0.15) is 51.0 Å². The van der Waals surface area contributed by atoms with Crippen LogP contribution in [0, 0.1) is 0 Å². The van der Waals surface area contributed by atoms with Crippen molar-refractivity contribution < 1.29 is 29.4 Å². The Kier molecular flexibility index (Phi) is 8.10. The highest BCUT2D eigenvalue weighted by Gasteiger charge is 2.52. The van der Waals surface area contributed by atoms with Gasteiger partial charge in [0.2, 0.25) is 0 Å². The van der Waals surface area contributed by atoms with Gasteiger partial charge in [0.05, 0.1) is 47.1 Å². The van der Waals surface area contributed by atoms with E-state index in [0.29, 0.717) is 71.0 Å². The molecule has 0 atom stereocenters. The van der Waals surface area contributed by atoms with Crippen LogP contribution in [0.2, 0.25) is 0 Å². The largest absolute Gasteiger partial charge is 0.458 e. The predicted octanol–water partition coefficient (Wildman–Crippen LogP) is 18.4. The quantitative estimate of drug-likeness (QED) is 0.148. The van der Waals surface area contributed by atoms with Gasteiger partial charge in [0.1, 0.15) is 11.5 Å². The Morgan fingerprint density at radius 2 is 0.878 bits per heavy atom. The average molecular weight is 1200 g/mol. The van der Waals surface area contributed by atoms with Crippen LogP contribution in [0.4, 0.5) is 34.1 Å². The normalized spacial score (nSPS) is 16.4. The number of fused-ring (bicyclic) bond motifs is 8. The Labute approximate surface area is 558 Å². The first-order chi connectivity index (χ1) is 51.8. The summed E-state index contributed by atoms with van der Waals surface area (Å²) in [4.78, 5) is 5.35. The molecular formula is C82H55B2N3OS2. The first kappa shape index (κ1) is 37.0. The number of anilines is 6. The standard InChI is InChI=1S/C82H55B2N3OS2/c1-82(2,3)54-46-66-74-67(47-54)87(80-58(52-28-12-6-13-29-52)36-21-37-59(80)53-30-14-7-15-31-53)68-49-73-78-81(90-72-43-23-41-70-77(72)84(78)76-69(88-70)40-22-42-71(76)89-73)75(68)83(74)62-45-44-55(85-63-38-18-16-32-60(63)61-33-17-19-39-64(61)85)48-65(62)86(66)79-56(50-24-8-4-9-25-50)34-20-35-57(79)51-26-10-5-11-27-51/h4-49H,1-3H3/i16D,17D,18D,19D,22D,23D,32D,33D,38D,39D,40D,41D,42D,43D,44D,45D,48D,49D. The zero-order chi connectivity index (χ0) is 75.2. The number of ether oxygens (including phenoxy) is 1. The Morgan fingerprint density at radius 1 is 0.400 bits per heavy atom. The lowest BCUT2D eigenvalue weighted by Gasteiger charge is -2.48. The van der Waals surface area contributed by atoms with Gasteiger partial charge >= 0.3 is 0 Å². The van der Waals surface area contributed by atoms with Crippen LogP contribution in [0.15, 0.2) is 298 Å². The van der Waals surface area contributed by atoms with E-state index < -0.39 is 115 Å².